The van der Waals surface area contributed by atoms with Gasteiger partial charge in [0.25, 0.3) is 0 Å². The molecule has 4 N–H and O–H groups in total. The van der Waals surface area contributed by atoms with Gasteiger partial charge >= 0.3 is 12.0 Å². The summed E-state index contributed by atoms with van der Waals surface area (Å²) in [5.41, 5.74) is 5.64. The standard InChI is InChI=1S/C19H37N3O8/c1-17(2)18(23)30-16-15-27-8-5-22-19(24)21-4-7-26-10-12-29-14-13-28-11-9-25-6-3-20/h1,3-16,20H2,2H3,(H2,21,22,24). The van der Waals surface area contributed by atoms with E-state index in [9.17, 15) is 9.59 Å². The summed E-state index contributed by atoms with van der Waals surface area (Å²) < 4.78 is 31.3. The highest BCUT2D eigenvalue weighted by atomic mass is 16.6. The van der Waals surface area contributed by atoms with Crippen LogP contribution in [0.25, 0.3) is 0 Å². The molecule has 0 rings (SSSR count). The molecular formula is C19H37N3O8. The molecule has 0 saturated heterocycles. The largest absolute Gasteiger partial charge is 0.460 e. The Morgan fingerprint density at radius 2 is 1.10 bits per heavy atom. The molecule has 0 heterocycles. The molecule has 0 radical (unpaired) electrons. The van der Waals surface area contributed by atoms with E-state index in [1.54, 1.807) is 6.92 Å². The first-order valence-corrected chi connectivity index (χ1v) is 10.0. The third kappa shape index (κ3) is 21.0. The molecule has 0 bridgehead atoms. The number of amides is 2. The van der Waals surface area contributed by atoms with Crippen molar-refractivity contribution in [2.24, 2.45) is 5.73 Å². The number of hydrogen-bond donors (Lipinski definition) is 3. The van der Waals surface area contributed by atoms with Crippen LogP contribution >= 0.6 is 0 Å². The molecule has 2 amide bonds. The molecule has 0 aliphatic carbocycles. The SMILES string of the molecule is C=C(C)C(=O)OCCOCCNC(=O)NCCOCCOCCOCCOCCN. The average Bonchev–Trinajstić information content (AvgIpc) is 2.73. The third-order valence-electron chi connectivity index (χ3n) is 3.25. The predicted molar refractivity (Wildman–Crippen MR) is 110 cm³/mol. The minimum Gasteiger partial charge on any atom is -0.460 e. The molecule has 0 saturated carbocycles. The fourth-order valence-electron chi connectivity index (χ4n) is 1.80. The average molecular weight is 436 g/mol. The lowest BCUT2D eigenvalue weighted by molar-refractivity contribution is -0.140. The molecule has 11 nitrogen and oxygen atoms in total. The van der Waals surface area contributed by atoms with Crippen LogP contribution in [0.3, 0.4) is 0 Å². The van der Waals surface area contributed by atoms with Crippen LogP contribution in [0.5, 0.6) is 0 Å². The fraction of sp³-hybridized carbons (Fsp3) is 0.789. The van der Waals surface area contributed by atoms with E-state index in [1.807, 2.05) is 0 Å². The molecule has 176 valence electrons. The van der Waals surface area contributed by atoms with Crippen molar-refractivity contribution in [2.75, 3.05) is 92.3 Å². The Bertz CT molecular complexity index is 451. The second-order valence-corrected chi connectivity index (χ2v) is 5.95. The molecule has 30 heavy (non-hydrogen) atoms. The Morgan fingerprint density at radius 3 is 1.53 bits per heavy atom. The van der Waals surface area contributed by atoms with Crippen molar-refractivity contribution in [3.05, 3.63) is 12.2 Å². The van der Waals surface area contributed by atoms with E-state index in [4.69, 9.17) is 34.2 Å². The van der Waals surface area contributed by atoms with E-state index in [1.165, 1.54) is 0 Å². The number of carbonyl (C=O) groups excluding carboxylic acids is 2. The molecule has 0 unspecified atom stereocenters. The minimum absolute atomic E-state index is 0.149. The van der Waals surface area contributed by atoms with Gasteiger partial charge in [-0.2, -0.15) is 0 Å². The summed E-state index contributed by atoms with van der Waals surface area (Å²) in [4.78, 5) is 22.7. The van der Waals surface area contributed by atoms with E-state index in [2.05, 4.69) is 17.2 Å². The number of nitrogens with two attached hydrogens (primary N) is 1. The maximum atomic E-state index is 11.5. The van der Waals surface area contributed by atoms with Crippen LogP contribution < -0.4 is 16.4 Å². The third-order valence-corrected chi connectivity index (χ3v) is 3.25. The molecule has 0 aliphatic heterocycles. The predicted octanol–water partition coefficient (Wildman–Crippen LogP) is -0.553. The van der Waals surface area contributed by atoms with Gasteiger partial charge in [-0.1, -0.05) is 6.58 Å². The molecular weight excluding hydrogens is 398 g/mol. The Morgan fingerprint density at radius 1 is 0.700 bits per heavy atom. The topological polar surface area (TPSA) is 140 Å². The summed E-state index contributed by atoms with van der Waals surface area (Å²) in [5, 5.41) is 5.30. The van der Waals surface area contributed by atoms with E-state index < -0.39 is 5.97 Å². The number of esters is 1. The second kappa shape index (κ2) is 21.9. The van der Waals surface area contributed by atoms with Gasteiger partial charge in [0.05, 0.1) is 66.1 Å². The summed E-state index contributed by atoms with van der Waals surface area (Å²) >= 11 is 0. The lowest BCUT2D eigenvalue weighted by Crippen LogP contribution is -2.39. The lowest BCUT2D eigenvalue weighted by atomic mass is 10.4. The summed E-state index contributed by atoms with van der Waals surface area (Å²) in [6.07, 6.45) is 0. The van der Waals surface area contributed by atoms with E-state index in [0.717, 1.165) is 0 Å². The van der Waals surface area contributed by atoms with Gasteiger partial charge in [-0.3, -0.25) is 0 Å². The van der Waals surface area contributed by atoms with Crippen molar-refractivity contribution in [1.82, 2.24) is 10.6 Å². The fourth-order valence-corrected chi connectivity index (χ4v) is 1.80. The van der Waals surface area contributed by atoms with Crippen molar-refractivity contribution < 1.29 is 38.0 Å². The van der Waals surface area contributed by atoms with Crippen LogP contribution in [0.1, 0.15) is 6.92 Å². The summed E-state index contributed by atoms with van der Waals surface area (Å²) in [6, 6.07) is -0.306. The zero-order chi connectivity index (χ0) is 22.3. The zero-order valence-electron chi connectivity index (χ0n) is 17.9. The number of nitrogens with one attached hydrogen (secondary N) is 2. The maximum Gasteiger partial charge on any atom is 0.333 e. The van der Waals surface area contributed by atoms with Crippen molar-refractivity contribution in [1.29, 1.82) is 0 Å². The first-order valence-electron chi connectivity index (χ1n) is 10.0. The van der Waals surface area contributed by atoms with Crippen molar-refractivity contribution in [2.45, 2.75) is 6.92 Å². The Balaban J connectivity index is 3.22. The highest BCUT2D eigenvalue weighted by Crippen LogP contribution is 1.91. The van der Waals surface area contributed by atoms with Crippen molar-refractivity contribution in [3.8, 4) is 0 Å². The van der Waals surface area contributed by atoms with Gasteiger partial charge in [-0.25, -0.2) is 9.59 Å². The molecule has 0 atom stereocenters. The second-order valence-electron chi connectivity index (χ2n) is 5.95. The van der Waals surface area contributed by atoms with Crippen molar-refractivity contribution >= 4 is 12.0 Å². The van der Waals surface area contributed by atoms with Crippen LogP contribution in [0.2, 0.25) is 0 Å². The van der Waals surface area contributed by atoms with Crippen LogP contribution in [0.4, 0.5) is 4.79 Å². The molecule has 0 aromatic heterocycles. The molecule has 0 aromatic rings. The van der Waals surface area contributed by atoms with Gasteiger partial charge in [0.2, 0.25) is 0 Å². The minimum atomic E-state index is -0.445. The van der Waals surface area contributed by atoms with Gasteiger partial charge in [-0.05, 0) is 6.92 Å². The molecule has 0 spiro atoms. The van der Waals surface area contributed by atoms with Gasteiger partial charge in [0, 0.05) is 25.2 Å². The molecule has 0 aliphatic rings. The highest BCUT2D eigenvalue weighted by molar-refractivity contribution is 5.86. The summed E-state index contributed by atoms with van der Waals surface area (Å²) in [5.74, 6) is -0.445. The monoisotopic (exact) mass is 435 g/mol. The first kappa shape index (κ1) is 28.2. The molecule has 0 fully saturated rings. The number of urea groups is 1. The smallest absolute Gasteiger partial charge is 0.333 e. The first-order chi connectivity index (χ1) is 14.6. The number of rotatable bonds is 21. The highest BCUT2D eigenvalue weighted by Gasteiger charge is 2.02. The van der Waals surface area contributed by atoms with E-state index in [-0.39, 0.29) is 19.2 Å². The normalized spacial score (nSPS) is 10.6. The van der Waals surface area contributed by atoms with Crippen LogP contribution in [0, 0.1) is 0 Å². The summed E-state index contributed by atoms with van der Waals surface area (Å²) in [6.45, 7) is 10.9. The Kier molecular flexibility index (Phi) is 20.7. The summed E-state index contributed by atoms with van der Waals surface area (Å²) in [7, 11) is 0. The van der Waals surface area contributed by atoms with Crippen LogP contribution in [-0.2, 0) is 33.2 Å². The Labute approximate surface area is 178 Å². The Hall–Kier alpha value is -1.76. The van der Waals surface area contributed by atoms with Gasteiger partial charge in [0.1, 0.15) is 6.61 Å². The van der Waals surface area contributed by atoms with Crippen LogP contribution in [0.15, 0.2) is 12.2 Å². The van der Waals surface area contributed by atoms with Gasteiger partial charge in [-0.15, -0.1) is 0 Å². The number of carbonyl (C=O) groups is 2. The van der Waals surface area contributed by atoms with Crippen LogP contribution in [-0.4, -0.2) is 104 Å². The van der Waals surface area contributed by atoms with Gasteiger partial charge in [0.15, 0.2) is 0 Å². The quantitative estimate of drug-likeness (QED) is 0.123. The number of hydrogen-bond acceptors (Lipinski definition) is 9. The lowest BCUT2D eigenvalue weighted by Gasteiger charge is -2.09. The van der Waals surface area contributed by atoms with E-state index >= 15 is 0 Å². The van der Waals surface area contributed by atoms with E-state index in [0.29, 0.717) is 84.7 Å². The molecule has 11 heteroatoms. The number of ether oxygens (including phenoxy) is 6. The maximum absolute atomic E-state index is 11.5. The zero-order valence-corrected chi connectivity index (χ0v) is 17.9. The molecule has 0 aromatic carbocycles. The van der Waals surface area contributed by atoms with Crippen molar-refractivity contribution in [3.63, 3.8) is 0 Å². The van der Waals surface area contributed by atoms with Gasteiger partial charge < -0.3 is 44.8 Å².